The summed E-state index contributed by atoms with van der Waals surface area (Å²) < 4.78 is 0. The number of halogens is 1. The zero-order chi connectivity index (χ0) is 10.4. The van der Waals surface area contributed by atoms with Crippen LogP contribution in [-0.4, -0.2) is 18.0 Å². The summed E-state index contributed by atoms with van der Waals surface area (Å²) in [5, 5.41) is 3.69. The fourth-order valence-electron chi connectivity index (χ4n) is 2.31. The molecule has 1 fully saturated rings. The van der Waals surface area contributed by atoms with Crippen LogP contribution in [0.25, 0.3) is 0 Å². The van der Waals surface area contributed by atoms with Crippen LogP contribution in [0.5, 0.6) is 0 Å². The van der Waals surface area contributed by atoms with Gasteiger partial charge in [0.2, 0.25) is 0 Å². The molecule has 0 bridgehead atoms. The molecule has 1 N–H and O–H groups in total. The Morgan fingerprint density at radius 2 is 1.79 bits per heavy atom. The van der Waals surface area contributed by atoms with Gasteiger partial charge in [0, 0.05) is 11.4 Å². The number of hydrogen-bond acceptors (Lipinski definition) is 1. The molecular formula is C12H24ClN. The Bertz CT molecular complexity index is 140. The number of nitrogens with one attached hydrogen (secondary N) is 1. The predicted molar refractivity (Wildman–Crippen MR) is 64.0 cm³/mol. The van der Waals surface area contributed by atoms with Crippen molar-refractivity contribution in [3.05, 3.63) is 0 Å². The van der Waals surface area contributed by atoms with Crippen molar-refractivity contribution in [2.24, 2.45) is 5.92 Å². The molecule has 0 aromatic heterocycles. The molecule has 0 heterocycles. The van der Waals surface area contributed by atoms with Crippen LogP contribution in [0.2, 0.25) is 0 Å². The van der Waals surface area contributed by atoms with Gasteiger partial charge in [-0.2, -0.15) is 0 Å². The Morgan fingerprint density at radius 1 is 1.21 bits per heavy atom. The summed E-state index contributed by atoms with van der Waals surface area (Å²) in [6.07, 6.45) is 7.97. The van der Waals surface area contributed by atoms with Gasteiger partial charge in [0.1, 0.15) is 0 Å². The van der Waals surface area contributed by atoms with E-state index in [1.165, 1.54) is 32.2 Å². The molecule has 0 aliphatic heterocycles. The molecular weight excluding hydrogens is 194 g/mol. The second kappa shape index (κ2) is 5.97. The first-order chi connectivity index (χ1) is 6.76. The summed E-state index contributed by atoms with van der Waals surface area (Å²) in [4.78, 5) is 0. The van der Waals surface area contributed by atoms with Crippen molar-refractivity contribution in [1.29, 1.82) is 0 Å². The minimum Gasteiger partial charge on any atom is -0.310 e. The lowest BCUT2D eigenvalue weighted by Gasteiger charge is -2.32. The lowest BCUT2D eigenvalue weighted by Crippen LogP contribution is -2.47. The van der Waals surface area contributed by atoms with E-state index in [0.29, 0.717) is 0 Å². The molecule has 0 spiro atoms. The first-order valence-corrected chi connectivity index (χ1v) is 6.60. The Hall–Kier alpha value is 0.250. The third-order valence-corrected chi connectivity index (χ3v) is 4.36. The minimum atomic E-state index is 0.199. The Kier molecular flexibility index (Phi) is 5.25. The zero-order valence-electron chi connectivity index (χ0n) is 9.61. The van der Waals surface area contributed by atoms with E-state index >= 15 is 0 Å². The highest BCUT2D eigenvalue weighted by atomic mass is 35.5. The van der Waals surface area contributed by atoms with Crippen molar-refractivity contribution in [3.8, 4) is 0 Å². The van der Waals surface area contributed by atoms with Gasteiger partial charge < -0.3 is 5.32 Å². The van der Waals surface area contributed by atoms with E-state index in [9.17, 15) is 0 Å². The Labute approximate surface area is 93.6 Å². The molecule has 1 aliphatic carbocycles. The maximum atomic E-state index is 6.05. The molecule has 84 valence electrons. The molecule has 0 aromatic carbocycles. The Balaban J connectivity index is 2.31. The molecule has 2 heteroatoms. The van der Waals surface area contributed by atoms with Crippen LogP contribution >= 0.6 is 11.6 Å². The lowest BCUT2D eigenvalue weighted by molar-refractivity contribution is 0.309. The molecule has 14 heavy (non-hydrogen) atoms. The van der Waals surface area contributed by atoms with Crippen molar-refractivity contribution in [1.82, 2.24) is 5.32 Å². The van der Waals surface area contributed by atoms with E-state index in [-0.39, 0.29) is 5.54 Å². The quantitative estimate of drug-likeness (QED) is 0.671. The summed E-state index contributed by atoms with van der Waals surface area (Å²) in [5.74, 6) is 1.66. The molecule has 0 amide bonds. The molecule has 0 atom stereocenters. The van der Waals surface area contributed by atoms with E-state index in [1.807, 2.05) is 0 Å². The van der Waals surface area contributed by atoms with Crippen LogP contribution in [0, 0.1) is 5.92 Å². The van der Waals surface area contributed by atoms with Crippen LogP contribution in [0.3, 0.4) is 0 Å². The normalized spacial score (nSPS) is 19.1. The van der Waals surface area contributed by atoms with Crippen molar-refractivity contribution in [2.75, 3.05) is 12.4 Å². The second-order valence-corrected chi connectivity index (χ2v) is 4.92. The number of alkyl halides is 1. The molecule has 1 nitrogen and oxygen atoms in total. The highest BCUT2D eigenvalue weighted by molar-refractivity contribution is 6.18. The highest BCUT2D eigenvalue weighted by Gasteiger charge is 2.26. The SMILES string of the molecule is CCC(CC)(CCl)NCC1CCCC1. The standard InChI is InChI=1S/C12H24ClN/c1-3-12(4-2,10-13)14-9-11-7-5-6-8-11/h11,14H,3-10H2,1-2H3. The van der Waals surface area contributed by atoms with Gasteiger partial charge in [-0.1, -0.05) is 26.7 Å². The van der Waals surface area contributed by atoms with Crippen molar-refractivity contribution < 1.29 is 0 Å². The van der Waals surface area contributed by atoms with E-state index in [2.05, 4.69) is 19.2 Å². The molecule has 0 unspecified atom stereocenters. The predicted octanol–water partition coefficient (Wildman–Crippen LogP) is 3.56. The summed E-state index contributed by atoms with van der Waals surface area (Å²) in [7, 11) is 0. The molecule has 1 aliphatic rings. The molecule has 0 aromatic rings. The molecule has 0 saturated heterocycles. The fourth-order valence-corrected chi connectivity index (χ4v) is 2.78. The maximum absolute atomic E-state index is 6.05. The average Bonchev–Trinajstić information content (AvgIpc) is 2.74. The minimum absolute atomic E-state index is 0.199. The lowest BCUT2D eigenvalue weighted by atomic mass is 9.94. The second-order valence-electron chi connectivity index (χ2n) is 4.65. The van der Waals surface area contributed by atoms with Gasteiger partial charge in [0.15, 0.2) is 0 Å². The monoisotopic (exact) mass is 217 g/mol. The summed E-state index contributed by atoms with van der Waals surface area (Å²) in [6.45, 7) is 5.63. The maximum Gasteiger partial charge on any atom is 0.0405 e. The largest absolute Gasteiger partial charge is 0.310 e. The van der Waals surface area contributed by atoms with Crippen LogP contribution < -0.4 is 5.32 Å². The van der Waals surface area contributed by atoms with Crippen molar-refractivity contribution >= 4 is 11.6 Å². The third kappa shape index (κ3) is 3.13. The first-order valence-electron chi connectivity index (χ1n) is 6.07. The van der Waals surface area contributed by atoms with Gasteiger partial charge in [-0.3, -0.25) is 0 Å². The Morgan fingerprint density at radius 3 is 2.21 bits per heavy atom. The van der Waals surface area contributed by atoms with Gasteiger partial charge in [-0.05, 0) is 38.1 Å². The van der Waals surface area contributed by atoms with Gasteiger partial charge >= 0.3 is 0 Å². The van der Waals surface area contributed by atoms with E-state index in [1.54, 1.807) is 0 Å². The topological polar surface area (TPSA) is 12.0 Å². The van der Waals surface area contributed by atoms with Crippen LogP contribution in [0.1, 0.15) is 52.4 Å². The van der Waals surface area contributed by atoms with E-state index < -0.39 is 0 Å². The summed E-state index contributed by atoms with van der Waals surface area (Å²) >= 11 is 6.05. The fraction of sp³-hybridized carbons (Fsp3) is 1.00. The van der Waals surface area contributed by atoms with Gasteiger partial charge in [-0.25, -0.2) is 0 Å². The highest BCUT2D eigenvalue weighted by Crippen LogP contribution is 2.25. The average molecular weight is 218 g/mol. The van der Waals surface area contributed by atoms with Gasteiger partial charge in [0.25, 0.3) is 0 Å². The van der Waals surface area contributed by atoms with Crippen LogP contribution in [0.15, 0.2) is 0 Å². The van der Waals surface area contributed by atoms with Crippen molar-refractivity contribution in [2.45, 2.75) is 57.9 Å². The van der Waals surface area contributed by atoms with Crippen molar-refractivity contribution in [3.63, 3.8) is 0 Å². The van der Waals surface area contributed by atoms with E-state index in [4.69, 9.17) is 11.6 Å². The first kappa shape index (κ1) is 12.3. The van der Waals surface area contributed by atoms with Crippen LogP contribution in [0.4, 0.5) is 0 Å². The summed E-state index contributed by atoms with van der Waals surface area (Å²) in [5.41, 5.74) is 0.199. The molecule has 1 rings (SSSR count). The number of rotatable bonds is 6. The number of hydrogen-bond donors (Lipinski definition) is 1. The summed E-state index contributed by atoms with van der Waals surface area (Å²) in [6, 6.07) is 0. The van der Waals surface area contributed by atoms with Gasteiger partial charge in [-0.15, -0.1) is 11.6 Å². The third-order valence-electron chi connectivity index (χ3n) is 3.85. The van der Waals surface area contributed by atoms with Gasteiger partial charge in [0.05, 0.1) is 0 Å². The molecule has 1 saturated carbocycles. The molecule has 0 radical (unpaired) electrons. The zero-order valence-corrected chi connectivity index (χ0v) is 10.4. The van der Waals surface area contributed by atoms with Crippen LogP contribution in [-0.2, 0) is 0 Å². The van der Waals surface area contributed by atoms with E-state index in [0.717, 1.165) is 24.6 Å². The smallest absolute Gasteiger partial charge is 0.0405 e.